The Morgan fingerprint density at radius 3 is 2.79 bits per heavy atom. The third-order valence-corrected chi connectivity index (χ3v) is 4.44. The predicted molar refractivity (Wildman–Crippen MR) is 84.7 cm³/mol. The highest BCUT2D eigenvalue weighted by atomic mass is 16.6. The summed E-state index contributed by atoms with van der Waals surface area (Å²) in [7, 11) is 1.79. The number of aryl methyl sites for hydroxylation is 1. The van der Waals surface area contributed by atoms with E-state index in [0.29, 0.717) is 19.8 Å². The van der Waals surface area contributed by atoms with E-state index in [-0.39, 0.29) is 11.6 Å². The van der Waals surface area contributed by atoms with Crippen LogP contribution in [0.15, 0.2) is 24.4 Å². The molecule has 0 bridgehead atoms. The lowest BCUT2D eigenvalue weighted by molar-refractivity contribution is 0.171. The lowest BCUT2D eigenvalue weighted by atomic mass is 10.0. The van der Waals surface area contributed by atoms with Crippen LogP contribution in [0, 0.1) is 0 Å². The topological polar surface area (TPSA) is 90.3 Å². The van der Waals surface area contributed by atoms with Crippen molar-refractivity contribution >= 4 is 6.03 Å². The third-order valence-electron chi connectivity index (χ3n) is 4.44. The molecule has 0 radical (unpaired) electrons. The van der Waals surface area contributed by atoms with Crippen molar-refractivity contribution in [1.29, 1.82) is 0 Å². The Hall–Kier alpha value is -2.77. The SMILES string of the molecule is Cn1nncc1CNC(=O)NC1(c2ccc3c(c2)OCCO3)CC1. The van der Waals surface area contributed by atoms with Crippen LogP contribution in [0.2, 0.25) is 0 Å². The van der Waals surface area contributed by atoms with Gasteiger partial charge in [-0.1, -0.05) is 11.3 Å². The molecule has 1 saturated carbocycles. The minimum Gasteiger partial charge on any atom is -0.486 e. The van der Waals surface area contributed by atoms with Crippen LogP contribution in [0.4, 0.5) is 4.79 Å². The van der Waals surface area contributed by atoms with Gasteiger partial charge in [0.1, 0.15) is 13.2 Å². The molecule has 126 valence electrons. The van der Waals surface area contributed by atoms with Gasteiger partial charge in [0, 0.05) is 7.05 Å². The number of rotatable bonds is 4. The summed E-state index contributed by atoms with van der Waals surface area (Å²) in [6, 6.07) is 5.66. The second kappa shape index (κ2) is 5.70. The zero-order valence-electron chi connectivity index (χ0n) is 13.4. The highest BCUT2D eigenvalue weighted by molar-refractivity contribution is 5.75. The average molecular weight is 329 g/mol. The van der Waals surface area contributed by atoms with Gasteiger partial charge in [-0.05, 0) is 30.5 Å². The number of nitrogens with zero attached hydrogens (tertiary/aromatic N) is 3. The Balaban J connectivity index is 1.42. The highest BCUT2D eigenvalue weighted by Gasteiger charge is 2.46. The van der Waals surface area contributed by atoms with Gasteiger partial charge in [0.15, 0.2) is 11.5 Å². The Morgan fingerprint density at radius 1 is 1.29 bits per heavy atom. The van der Waals surface area contributed by atoms with Gasteiger partial charge < -0.3 is 20.1 Å². The Kier molecular flexibility index (Phi) is 3.51. The van der Waals surface area contributed by atoms with Gasteiger partial charge in [-0.25, -0.2) is 4.79 Å². The van der Waals surface area contributed by atoms with Crippen LogP contribution < -0.4 is 20.1 Å². The van der Waals surface area contributed by atoms with E-state index in [1.165, 1.54) is 0 Å². The molecule has 1 aromatic heterocycles. The van der Waals surface area contributed by atoms with E-state index in [4.69, 9.17) is 9.47 Å². The first-order valence-electron chi connectivity index (χ1n) is 7.96. The molecule has 24 heavy (non-hydrogen) atoms. The third kappa shape index (κ3) is 2.75. The number of carbonyl (C=O) groups excluding carboxylic acids is 1. The van der Waals surface area contributed by atoms with E-state index < -0.39 is 0 Å². The fourth-order valence-electron chi connectivity index (χ4n) is 2.86. The average Bonchev–Trinajstić information content (AvgIpc) is 3.26. The Labute approximate surface area is 139 Å². The van der Waals surface area contributed by atoms with Crippen molar-refractivity contribution in [2.45, 2.75) is 24.9 Å². The monoisotopic (exact) mass is 329 g/mol. The first kappa shape index (κ1) is 14.8. The number of amides is 2. The van der Waals surface area contributed by atoms with Crippen LogP contribution in [0.25, 0.3) is 0 Å². The number of aromatic nitrogens is 3. The molecule has 0 atom stereocenters. The molecule has 8 nitrogen and oxygen atoms in total. The number of fused-ring (bicyclic) bond motifs is 1. The summed E-state index contributed by atoms with van der Waals surface area (Å²) in [4.78, 5) is 12.2. The van der Waals surface area contributed by atoms with E-state index in [1.807, 2.05) is 18.2 Å². The number of hydrogen-bond acceptors (Lipinski definition) is 5. The summed E-state index contributed by atoms with van der Waals surface area (Å²) in [6.45, 7) is 1.50. The molecule has 0 saturated heterocycles. The number of benzene rings is 1. The maximum atomic E-state index is 12.2. The normalized spacial score (nSPS) is 17.2. The molecule has 4 rings (SSSR count). The quantitative estimate of drug-likeness (QED) is 0.876. The van der Waals surface area contributed by atoms with Crippen LogP contribution in [0.5, 0.6) is 11.5 Å². The van der Waals surface area contributed by atoms with Gasteiger partial charge in [-0.3, -0.25) is 4.68 Å². The number of urea groups is 1. The molecule has 0 unspecified atom stereocenters. The standard InChI is InChI=1S/C16H19N5O3/c1-21-12(10-18-20-21)9-17-15(22)19-16(4-5-16)11-2-3-13-14(8-11)24-7-6-23-13/h2-3,8,10H,4-7,9H2,1H3,(H2,17,19,22). The van der Waals surface area contributed by atoms with E-state index in [0.717, 1.165) is 35.6 Å². The molecule has 0 spiro atoms. The second-order valence-corrected chi connectivity index (χ2v) is 6.10. The summed E-state index contributed by atoms with van der Waals surface area (Å²) in [5.74, 6) is 1.50. The lowest BCUT2D eigenvalue weighted by Crippen LogP contribution is -2.42. The van der Waals surface area contributed by atoms with Gasteiger partial charge in [0.2, 0.25) is 0 Å². The summed E-state index contributed by atoms with van der Waals surface area (Å²) in [5, 5.41) is 13.6. The number of carbonyl (C=O) groups is 1. The summed E-state index contributed by atoms with van der Waals surface area (Å²) < 4.78 is 12.8. The largest absolute Gasteiger partial charge is 0.486 e. The molecule has 2 aromatic rings. The van der Waals surface area contributed by atoms with Crippen molar-refractivity contribution in [3.05, 3.63) is 35.7 Å². The molecule has 2 amide bonds. The van der Waals surface area contributed by atoms with Crippen molar-refractivity contribution in [2.75, 3.05) is 13.2 Å². The fraction of sp³-hybridized carbons (Fsp3) is 0.438. The van der Waals surface area contributed by atoms with Crippen LogP contribution in [0.1, 0.15) is 24.1 Å². The fourth-order valence-corrected chi connectivity index (χ4v) is 2.86. The first-order valence-corrected chi connectivity index (χ1v) is 7.96. The Bertz CT molecular complexity index is 769. The lowest BCUT2D eigenvalue weighted by Gasteiger charge is -2.23. The number of hydrogen-bond donors (Lipinski definition) is 2. The minimum absolute atomic E-state index is 0.205. The molecule has 1 aromatic carbocycles. The van der Waals surface area contributed by atoms with E-state index >= 15 is 0 Å². The van der Waals surface area contributed by atoms with Crippen LogP contribution >= 0.6 is 0 Å². The van der Waals surface area contributed by atoms with Crippen molar-refractivity contribution in [2.24, 2.45) is 7.05 Å². The molecule has 1 aliphatic heterocycles. The van der Waals surface area contributed by atoms with Crippen LogP contribution in [0.3, 0.4) is 0 Å². The smallest absolute Gasteiger partial charge is 0.315 e. The van der Waals surface area contributed by atoms with Gasteiger partial charge in [-0.2, -0.15) is 0 Å². The molecular weight excluding hydrogens is 310 g/mol. The molecule has 2 heterocycles. The zero-order valence-corrected chi connectivity index (χ0v) is 13.4. The van der Waals surface area contributed by atoms with Gasteiger partial charge in [-0.15, -0.1) is 5.10 Å². The molecule has 8 heteroatoms. The summed E-state index contributed by atoms with van der Waals surface area (Å²) in [6.07, 6.45) is 3.45. The summed E-state index contributed by atoms with van der Waals surface area (Å²) in [5.41, 5.74) is 1.57. The Morgan fingerprint density at radius 2 is 2.08 bits per heavy atom. The first-order chi connectivity index (χ1) is 11.7. The highest BCUT2D eigenvalue weighted by Crippen LogP contribution is 2.47. The second-order valence-electron chi connectivity index (χ2n) is 6.10. The predicted octanol–water partition coefficient (Wildman–Crippen LogP) is 1.07. The summed E-state index contributed by atoms with van der Waals surface area (Å²) >= 11 is 0. The van der Waals surface area contributed by atoms with Crippen molar-refractivity contribution in [3.8, 4) is 11.5 Å². The van der Waals surface area contributed by atoms with Crippen LogP contribution in [-0.4, -0.2) is 34.2 Å². The van der Waals surface area contributed by atoms with E-state index in [9.17, 15) is 4.79 Å². The molecule has 2 N–H and O–H groups in total. The van der Waals surface area contributed by atoms with Crippen molar-refractivity contribution in [3.63, 3.8) is 0 Å². The van der Waals surface area contributed by atoms with E-state index in [1.54, 1.807) is 17.9 Å². The van der Waals surface area contributed by atoms with Crippen LogP contribution in [-0.2, 0) is 19.1 Å². The molecule has 2 aliphatic rings. The van der Waals surface area contributed by atoms with E-state index in [2.05, 4.69) is 20.9 Å². The van der Waals surface area contributed by atoms with Crippen molar-refractivity contribution in [1.82, 2.24) is 25.6 Å². The molecule has 1 fully saturated rings. The molecule has 1 aliphatic carbocycles. The number of ether oxygens (including phenoxy) is 2. The maximum Gasteiger partial charge on any atom is 0.315 e. The van der Waals surface area contributed by atoms with Gasteiger partial charge in [0.25, 0.3) is 0 Å². The van der Waals surface area contributed by atoms with Gasteiger partial charge in [0.05, 0.1) is 24.0 Å². The number of nitrogens with one attached hydrogen (secondary N) is 2. The zero-order chi connectivity index (χ0) is 16.6. The maximum absolute atomic E-state index is 12.2. The molecular formula is C16H19N5O3. The van der Waals surface area contributed by atoms with Gasteiger partial charge >= 0.3 is 6.03 Å². The van der Waals surface area contributed by atoms with Crippen molar-refractivity contribution < 1.29 is 14.3 Å². The minimum atomic E-state index is -0.315.